The van der Waals surface area contributed by atoms with Crippen molar-refractivity contribution >= 4 is 12.0 Å². The first-order valence-electron chi connectivity index (χ1n) is 8.55. The topological polar surface area (TPSA) is 60.9 Å². The lowest BCUT2D eigenvalue weighted by Crippen LogP contribution is -2.43. The van der Waals surface area contributed by atoms with Crippen molar-refractivity contribution in [3.05, 3.63) is 82.6 Å². The van der Waals surface area contributed by atoms with Crippen LogP contribution >= 0.6 is 0 Å². The van der Waals surface area contributed by atoms with Crippen molar-refractivity contribution in [3.63, 3.8) is 0 Å². The highest BCUT2D eigenvalue weighted by Gasteiger charge is 2.28. The van der Waals surface area contributed by atoms with E-state index in [1.54, 1.807) is 39.2 Å². The molecule has 7 heteroatoms. The third-order valence-electron chi connectivity index (χ3n) is 4.48. The number of rotatable bonds is 2. The lowest BCUT2D eigenvalue weighted by atomic mass is 10.0. The SMILES string of the molecule is CC1=C[C@H](c2ccc(F)c(F)c2)N(C)C(=O)N1C.Cc1cccc(C(=O)O)c1. The molecule has 0 aliphatic carbocycles. The predicted molar refractivity (Wildman–Crippen MR) is 102 cm³/mol. The molecule has 0 bridgehead atoms. The number of allylic oxidation sites excluding steroid dienone is 1. The fourth-order valence-corrected chi connectivity index (χ4v) is 2.75. The molecule has 3 rings (SSSR count). The first-order valence-corrected chi connectivity index (χ1v) is 8.55. The minimum atomic E-state index is -0.904. The van der Waals surface area contributed by atoms with Crippen LogP contribution in [-0.2, 0) is 0 Å². The summed E-state index contributed by atoms with van der Waals surface area (Å²) >= 11 is 0. The molecule has 0 saturated carbocycles. The number of hydrogen-bond acceptors (Lipinski definition) is 2. The van der Waals surface area contributed by atoms with Gasteiger partial charge in [0.05, 0.1) is 11.6 Å². The molecule has 1 heterocycles. The Bertz CT molecular complexity index is 928. The van der Waals surface area contributed by atoms with E-state index in [2.05, 4.69) is 0 Å². The molecule has 0 saturated heterocycles. The van der Waals surface area contributed by atoms with Crippen LogP contribution in [0.1, 0.15) is 34.5 Å². The minimum absolute atomic E-state index is 0.176. The molecular weight excluding hydrogens is 366 g/mol. The maximum Gasteiger partial charge on any atom is 0.335 e. The maximum absolute atomic E-state index is 13.2. The zero-order valence-electron chi connectivity index (χ0n) is 16.1. The molecule has 2 amide bonds. The van der Waals surface area contributed by atoms with E-state index in [0.29, 0.717) is 11.1 Å². The molecule has 1 aliphatic heterocycles. The highest BCUT2D eigenvalue weighted by atomic mass is 19.2. The number of aryl methyl sites for hydroxylation is 1. The molecule has 0 unspecified atom stereocenters. The quantitative estimate of drug-likeness (QED) is 0.818. The molecule has 1 N–H and O–H groups in total. The number of halogens is 2. The summed E-state index contributed by atoms with van der Waals surface area (Å²) in [5.74, 6) is -2.66. The van der Waals surface area contributed by atoms with Gasteiger partial charge in [-0.3, -0.25) is 0 Å². The summed E-state index contributed by atoms with van der Waals surface area (Å²) in [5, 5.41) is 8.51. The summed E-state index contributed by atoms with van der Waals surface area (Å²) in [4.78, 5) is 25.3. The highest BCUT2D eigenvalue weighted by molar-refractivity contribution is 5.87. The number of nitrogens with zero attached hydrogens (tertiary/aromatic N) is 2. The lowest BCUT2D eigenvalue weighted by molar-refractivity contribution is 0.0696. The number of aromatic carboxylic acids is 1. The molecule has 1 aliphatic rings. The molecular formula is C21H22F2N2O3. The van der Waals surface area contributed by atoms with Gasteiger partial charge >= 0.3 is 12.0 Å². The predicted octanol–water partition coefficient (Wildman–Crippen LogP) is 4.60. The van der Waals surface area contributed by atoms with Gasteiger partial charge in [0.2, 0.25) is 0 Å². The number of carboxylic acids is 1. The van der Waals surface area contributed by atoms with Crippen LogP contribution in [0, 0.1) is 18.6 Å². The van der Waals surface area contributed by atoms with Crippen LogP contribution in [0.15, 0.2) is 54.2 Å². The van der Waals surface area contributed by atoms with E-state index < -0.39 is 17.6 Å². The summed E-state index contributed by atoms with van der Waals surface area (Å²) in [6, 6.07) is 9.96. The van der Waals surface area contributed by atoms with Crippen molar-refractivity contribution < 1.29 is 23.5 Å². The van der Waals surface area contributed by atoms with Gasteiger partial charge in [0.25, 0.3) is 0 Å². The number of amides is 2. The van der Waals surface area contributed by atoms with Crippen LogP contribution in [0.4, 0.5) is 13.6 Å². The van der Waals surface area contributed by atoms with Crippen molar-refractivity contribution in [1.29, 1.82) is 0 Å². The Kier molecular flexibility index (Phi) is 6.51. The van der Waals surface area contributed by atoms with Crippen LogP contribution < -0.4 is 0 Å². The average molecular weight is 388 g/mol. The van der Waals surface area contributed by atoms with Gasteiger partial charge in [0.1, 0.15) is 0 Å². The molecule has 2 aromatic rings. The fraction of sp³-hybridized carbons (Fsp3) is 0.238. The maximum atomic E-state index is 13.2. The molecule has 0 aromatic heterocycles. The first-order chi connectivity index (χ1) is 13.1. The van der Waals surface area contributed by atoms with E-state index in [-0.39, 0.29) is 12.1 Å². The second kappa shape index (κ2) is 8.65. The summed E-state index contributed by atoms with van der Waals surface area (Å²) in [5.41, 5.74) is 2.66. The highest BCUT2D eigenvalue weighted by Crippen LogP contribution is 2.29. The van der Waals surface area contributed by atoms with Gasteiger partial charge in [-0.05, 0) is 49.8 Å². The fourth-order valence-electron chi connectivity index (χ4n) is 2.75. The first kappa shape index (κ1) is 21.1. The average Bonchev–Trinajstić information content (AvgIpc) is 2.66. The molecule has 2 aromatic carbocycles. The zero-order valence-corrected chi connectivity index (χ0v) is 16.1. The molecule has 0 fully saturated rings. The second-order valence-electron chi connectivity index (χ2n) is 6.55. The van der Waals surface area contributed by atoms with Crippen molar-refractivity contribution in [2.45, 2.75) is 19.9 Å². The summed E-state index contributed by atoms with van der Waals surface area (Å²) in [6.07, 6.45) is 1.84. The number of urea groups is 1. The zero-order chi connectivity index (χ0) is 21.0. The van der Waals surface area contributed by atoms with Crippen LogP contribution in [0.3, 0.4) is 0 Å². The number of carbonyl (C=O) groups is 2. The van der Waals surface area contributed by atoms with Crippen molar-refractivity contribution in [1.82, 2.24) is 9.80 Å². The van der Waals surface area contributed by atoms with E-state index in [1.165, 1.54) is 15.9 Å². The molecule has 148 valence electrons. The van der Waals surface area contributed by atoms with Gasteiger partial charge in [0.15, 0.2) is 11.6 Å². The summed E-state index contributed by atoms with van der Waals surface area (Å²) < 4.78 is 26.1. The molecule has 28 heavy (non-hydrogen) atoms. The Labute approximate surface area is 162 Å². The number of likely N-dealkylation sites (N-methyl/N-ethyl adjacent to an activating group) is 1. The lowest BCUT2D eigenvalue weighted by Gasteiger charge is -2.36. The van der Waals surface area contributed by atoms with Gasteiger partial charge in [-0.15, -0.1) is 0 Å². The van der Waals surface area contributed by atoms with Crippen LogP contribution in [0.5, 0.6) is 0 Å². The Morgan fingerprint density at radius 1 is 1.04 bits per heavy atom. The van der Waals surface area contributed by atoms with Crippen molar-refractivity contribution in [2.24, 2.45) is 0 Å². The van der Waals surface area contributed by atoms with Crippen molar-refractivity contribution in [3.8, 4) is 0 Å². The van der Waals surface area contributed by atoms with Crippen LogP contribution in [-0.4, -0.2) is 41.0 Å². The minimum Gasteiger partial charge on any atom is -0.478 e. The number of benzene rings is 2. The molecule has 0 spiro atoms. The smallest absolute Gasteiger partial charge is 0.335 e. The Morgan fingerprint density at radius 2 is 1.71 bits per heavy atom. The van der Waals surface area contributed by atoms with Gasteiger partial charge in [-0.1, -0.05) is 23.8 Å². The number of carbonyl (C=O) groups excluding carboxylic acids is 1. The molecule has 1 atom stereocenters. The second-order valence-corrected chi connectivity index (χ2v) is 6.55. The monoisotopic (exact) mass is 388 g/mol. The number of hydrogen-bond donors (Lipinski definition) is 1. The van der Waals surface area contributed by atoms with E-state index in [9.17, 15) is 18.4 Å². The largest absolute Gasteiger partial charge is 0.478 e. The van der Waals surface area contributed by atoms with Gasteiger partial charge in [0, 0.05) is 19.8 Å². The van der Waals surface area contributed by atoms with E-state index in [1.807, 2.05) is 19.1 Å². The third kappa shape index (κ3) is 4.73. The third-order valence-corrected chi connectivity index (χ3v) is 4.48. The number of carboxylic acid groups (broad SMARTS) is 1. The van der Waals surface area contributed by atoms with Crippen molar-refractivity contribution in [2.75, 3.05) is 14.1 Å². The standard InChI is InChI=1S/C13H14F2N2O.C8H8O2/c1-8-6-12(17(3)13(18)16(8)2)9-4-5-10(14)11(15)7-9;1-6-3-2-4-7(5-6)8(9)10/h4-7,12H,1-3H3;2-5H,1H3,(H,9,10)/t12-;/m1./s1. The summed E-state index contributed by atoms with van der Waals surface area (Å²) in [7, 11) is 3.31. The summed E-state index contributed by atoms with van der Waals surface area (Å²) in [6.45, 7) is 3.67. The van der Waals surface area contributed by atoms with Gasteiger partial charge in [-0.25, -0.2) is 18.4 Å². The molecule has 5 nitrogen and oxygen atoms in total. The van der Waals surface area contributed by atoms with E-state index >= 15 is 0 Å². The van der Waals surface area contributed by atoms with Crippen LogP contribution in [0.25, 0.3) is 0 Å². The van der Waals surface area contributed by atoms with E-state index in [0.717, 1.165) is 23.4 Å². The van der Waals surface area contributed by atoms with E-state index in [4.69, 9.17) is 5.11 Å². The Morgan fingerprint density at radius 3 is 2.25 bits per heavy atom. The Hall–Kier alpha value is -3.22. The Balaban J connectivity index is 0.000000237. The molecule has 0 radical (unpaired) electrons. The normalized spacial score (nSPS) is 16.3. The van der Waals surface area contributed by atoms with Crippen LogP contribution in [0.2, 0.25) is 0 Å². The van der Waals surface area contributed by atoms with Gasteiger partial charge < -0.3 is 14.9 Å². The van der Waals surface area contributed by atoms with Gasteiger partial charge in [-0.2, -0.15) is 0 Å².